The van der Waals surface area contributed by atoms with Crippen molar-refractivity contribution in [1.82, 2.24) is 10.8 Å². The van der Waals surface area contributed by atoms with Crippen LogP contribution in [-0.4, -0.2) is 40.4 Å². The first-order chi connectivity index (χ1) is 12.2. The normalized spacial score (nSPS) is 17.8. The van der Waals surface area contributed by atoms with Gasteiger partial charge in [-0.1, -0.05) is 18.2 Å². The van der Waals surface area contributed by atoms with E-state index in [2.05, 4.69) is 5.32 Å². The van der Waals surface area contributed by atoms with Gasteiger partial charge in [0.1, 0.15) is 11.6 Å². The molecule has 0 saturated carbocycles. The molecule has 1 amide bonds. The highest BCUT2D eigenvalue weighted by Crippen LogP contribution is 2.32. The molecule has 1 aromatic carbocycles. The first-order valence-corrected chi connectivity index (χ1v) is 8.58. The molecule has 7 heteroatoms. The zero-order valence-corrected chi connectivity index (χ0v) is 15.3. The quantitative estimate of drug-likeness (QED) is 0.264. The summed E-state index contributed by atoms with van der Waals surface area (Å²) in [5.41, 5.74) is 3.97. The molecule has 0 spiro atoms. The third kappa shape index (κ3) is 5.39. The minimum Gasteiger partial charge on any atom is -0.459 e. The Morgan fingerprint density at radius 2 is 2.12 bits per heavy atom. The monoisotopic (exact) mass is 362 g/mol. The van der Waals surface area contributed by atoms with Crippen molar-refractivity contribution < 1.29 is 24.6 Å². The van der Waals surface area contributed by atoms with Gasteiger partial charge in [-0.2, -0.15) is 0 Å². The number of carbonyl (C=O) groups excluding carboxylic acids is 2. The second-order valence-electron chi connectivity index (χ2n) is 7.29. The third-order valence-electron chi connectivity index (χ3n) is 4.06. The second-order valence-corrected chi connectivity index (χ2v) is 7.29. The van der Waals surface area contributed by atoms with Crippen molar-refractivity contribution in [2.24, 2.45) is 0 Å². The molecule has 26 heavy (non-hydrogen) atoms. The number of hydrogen-bond acceptors (Lipinski definition) is 6. The molecule has 142 valence electrons. The summed E-state index contributed by atoms with van der Waals surface area (Å²) in [6.45, 7) is 5.03. The van der Waals surface area contributed by atoms with Crippen LogP contribution < -0.4 is 10.8 Å². The molecule has 4 N–H and O–H groups in total. The van der Waals surface area contributed by atoms with Gasteiger partial charge in [0, 0.05) is 12.1 Å². The summed E-state index contributed by atoms with van der Waals surface area (Å²) >= 11 is 0. The molecule has 0 heterocycles. The number of carbonyl (C=O) groups is 2. The van der Waals surface area contributed by atoms with Gasteiger partial charge in [-0.15, -0.1) is 0 Å². The molecule has 7 nitrogen and oxygen atoms in total. The summed E-state index contributed by atoms with van der Waals surface area (Å²) in [6.07, 6.45) is 4.49. The number of nitrogens with one attached hydrogen (secondary N) is 2. The smallest absolute Gasteiger partial charge is 0.326 e. The lowest BCUT2D eigenvalue weighted by molar-refractivity contribution is -0.158. The van der Waals surface area contributed by atoms with Crippen molar-refractivity contribution in [3.8, 4) is 0 Å². The topological polar surface area (TPSA) is 108 Å². The molecule has 1 aromatic rings. The summed E-state index contributed by atoms with van der Waals surface area (Å²) in [7, 11) is 0. The highest BCUT2D eigenvalue weighted by atomic mass is 16.6. The maximum atomic E-state index is 12.2. The predicted octanol–water partition coefficient (Wildman–Crippen LogP) is 1.48. The molecule has 0 aliphatic heterocycles. The summed E-state index contributed by atoms with van der Waals surface area (Å²) in [5, 5.41) is 21.3. The Hall–Kier alpha value is -2.22. The Morgan fingerprint density at radius 3 is 2.73 bits per heavy atom. The van der Waals surface area contributed by atoms with Crippen molar-refractivity contribution in [2.45, 2.75) is 51.3 Å². The molecule has 0 saturated heterocycles. The average Bonchev–Trinajstić information content (AvgIpc) is 2.97. The Bertz CT molecular complexity index is 694. The molecular weight excluding hydrogens is 336 g/mol. The Morgan fingerprint density at radius 1 is 1.38 bits per heavy atom. The van der Waals surface area contributed by atoms with Gasteiger partial charge < -0.3 is 9.84 Å². The van der Waals surface area contributed by atoms with Crippen molar-refractivity contribution >= 4 is 18.0 Å². The first-order valence-electron chi connectivity index (χ1n) is 8.58. The van der Waals surface area contributed by atoms with E-state index < -0.39 is 23.5 Å². The molecule has 0 aromatic heterocycles. The highest BCUT2D eigenvalue weighted by molar-refractivity contribution is 5.90. The molecule has 0 bridgehead atoms. The molecular formula is C19H26N2O5. The highest BCUT2D eigenvalue weighted by Gasteiger charge is 2.30. The van der Waals surface area contributed by atoms with Gasteiger partial charge in [0.2, 0.25) is 0 Å². The summed E-state index contributed by atoms with van der Waals surface area (Å²) in [5.74, 6) is -1.06. The van der Waals surface area contributed by atoms with E-state index in [9.17, 15) is 14.7 Å². The number of fused-ring (bicyclic) bond motifs is 1. The van der Waals surface area contributed by atoms with Gasteiger partial charge in [-0.3, -0.25) is 20.1 Å². The molecule has 0 fully saturated rings. The molecule has 2 atom stereocenters. The zero-order valence-electron chi connectivity index (χ0n) is 15.3. The van der Waals surface area contributed by atoms with Crippen LogP contribution in [0.1, 0.15) is 49.9 Å². The minimum absolute atomic E-state index is 0.0477. The lowest BCUT2D eigenvalue weighted by Gasteiger charge is -2.26. The predicted molar refractivity (Wildman–Crippen MR) is 96.3 cm³/mol. The largest absolute Gasteiger partial charge is 0.459 e. The number of hydrogen-bond donors (Lipinski definition) is 4. The van der Waals surface area contributed by atoms with Crippen molar-refractivity contribution in [3.05, 3.63) is 41.0 Å². The SMILES string of the molecule is CC(C)(C)OC(=O)[C@H](CO)NC1CCc2cc(/C=C/C(=O)NO)ccc21. The van der Waals surface area contributed by atoms with E-state index in [1.165, 1.54) is 6.08 Å². The Kier molecular flexibility index (Phi) is 6.52. The number of ether oxygens (including phenoxy) is 1. The van der Waals surface area contributed by atoms with E-state index in [4.69, 9.17) is 9.94 Å². The van der Waals surface area contributed by atoms with Crippen LogP contribution in [0.4, 0.5) is 0 Å². The zero-order chi connectivity index (χ0) is 19.3. The van der Waals surface area contributed by atoms with Crippen LogP contribution in [0, 0.1) is 0 Å². The fourth-order valence-corrected chi connectivity index (χ4v) is 2.93. The van der Waals surface area contributed by atoms with Gasteiger partial charge in [0.05, 0.1) is 6.61 Å². The number of esters is 1. The number of amides is 1. The van der Waals surface area contributed by atoms with E-state index in [1.807, 2.05) is 18.2 Å². The van der Waals surface area contributed by atoms with Crippen LogP contribution in [0.2, 0.25) is 0 Å². The van der Waals surface area contributed by atoms with Gasteiger partial charge in [0.25, 0.3) is 5.91 Å². The van der Waals surface area contributed by atoms with Crippen molar-refractivity contribution in [1.29, 1.82) is 0 Å². The number of aliphatic hydroxyl groups is 1. The molecule has 0 radical (unpaired) electrons. The van der Waals surface area contributed by atoms with Gasteiger partial charge in [0.15, 0.2) is 0 Å². The van der Waals surface area contributed by atoms with E-state index in [1.54, 1.807) is 32.3 Å². The van der Waals surface area contributed by atoms with Crippen LogP contribution in [-0.2, 0) is 20.7 Å². The second kappa shape index (κ2) is 8.44. The lowest BCUT2D eigenvalue weighted by Crippen LogP contribution is -2.44. The van der Waals surface area contributed by atoms with E-state index in [0.29, 0.717) is 0 Å². The fourth-order valence-electron chi connectivity index (χ4n) is 2.93. The Balaban J connectivity index is 2.07. The maximum absolute atomic E-state index is 12.2. The number of benzene rings is 1. The number of aliphatic hydroxyl groups excluding tert-OH is 1. The van der Waals surface area contributed by atoms with E-state index in [0.717, 1.165) is 29.5 Å². The van der Waals surface area contributed by atoms with Crippen LogP contribution in [0.25, 0.3) is 6.08 Å². The van der Waals surface area contributed by atoms with Gasteiger partial charge in [-0.05, 0) is 56.4 Å². The average molecular weight is 362 g/mol. The van der Waals surface area contributed by atoms with Crippen molar-refractivity contribution in [2.75, 3.05) is 6.61 Å². The minimum atomic E-state index is -0.780. The molecule has 1 aliphatic carbocycles. The number of hydroxylamine groups is 1. The molecule has 2 rings (SSSR count). The van der Waals surface area contributed by atoms with E-state index in [-0.39, 0.29) is 12.6 Å². The number of rotatable bonds is 6. The third-order valence-corrected chi connectivity index (χ3v) is 4.06. The van der Waals surface area contributed by atoms with Gasteiger partial charge in [-0.25, -0.2) is 5.48 Å². The molecule has 1 unspecified atom stereocenters. The number of aryl methyl sites for hydroxylation is 1. The maximum Gasteiger partial charge on any atom is 0.326 e. The van der Waals surface area contributed by atoms with Crippen LogP contribution >= 0.6 is 0 Å². The van der Waals surface area contributed by atoms with Gasteiger partial charge >= 0.3 is 5.97 Å². The van der Waals surface area contributed by atoms with Crippen LogP contribution in [0.5, 0.6) is 0 Å². The summed E-state index contributed by atoms with van der Waals surface area (Å²) < 4.78 is 5.34. The molecule has 1 aliphatic rings. The standard InChI is InChI=1S/C19H26N2O5/c1-19(2,3)26-18(24)16(11-22)20-15-8-6-13-10-12(4-7-14(13)15)5-9-17(23)21-25/h4-5,7,9-10,15-16,20,22,25H,6,8,11H2,1-3H3,(H,21,23)/b9-5+/t15?,16-/m0/s1. The van der Waals surface area contributed by atoms with Crippen molar-refractivity contribution in [3.63, 3.8) is 0 Å². The van der Waals surface area contributed by atoms with Crippen LogP contribution in [0.15, 0.2) is 24.3 Å². The fraction of sp³-hybridized carbons (Fsp3) is 0.474. The van der Waals surface area contributed by atoms with Crippen LogP contribution in [0.3, 0.4) is 0 Å². The summed E-state index contributed by atoms with van der Waals surface area (Å²) in [6, 6.07) is 4.95. The Labute approximate surface area is 153 Å². The lowest BCUT2D eigenvalue weighted by atomic mass is 10.0. The first kappa shape index (κ1) is 20.1. The van der Waals surface area contributed by atoms with E-state index >= 15 is 0 Å². The summed E-state index contributed by atoms with van der Waals surface area (Å²) in [4.78, 5) is 23.3.